The Balaban J connectivity index is 2.07. The number of para-hydroxylation sites is 2. The Labute approximate surface area is 109 Å². The summed E-state index contributed by atoms with van der Waals surface area (Å²) < 4.78 is 10.8. The number of methoxy groups -OCH3 is 1. The summed E-state index contributed by atoms with van der Waals surface area (Å²) in [5.74, 6) is 1.54. The lowest BCUT2D eigenvalue weighted by Gasteiger charge is -2.10. The normalized spacial score (nSPS) is 10.3. The van der Waals surface area contributed by atoms with Crippen molar-refractivity contribution in [3.8, 4) is 11.5 Å². The summed E-state index contributed by atoms with van der Waals surface area (Å²) in [5, 5.41) is 11.9. The molecule has 1 aromatic rings. The van der Waals surface area contributed by atoms with Crippen molar-refractivity contribution in [1.29, 1.82) is 0 Å². The second kappa shape index (κ2) is 9.74. The van der Waals surface area contributed by atoms with Gasteiger partial charge in [0.1, 0.15) is 6.61 Å². The topological polar surface area (TPSA) is 50.7 Å². The molecule has 0 atom stereocenters. The van der Waals surface area contributed by atoms with E-state index in [1.165, 1.54) is 0 Å². The quantitative estimate of drug-likeness (QED) is 0.625. The van der Waals surface area contributed by atoms with Crippen LogP contribution in [-0.4, -0.2) is 38.5 Å². The van der Waals surface area contributed by atoms with Crippen molar-refractivity contribution < 1.29 is 14.6 Å². The molecule has 0 heterocycles. The van der Waals surface area contributed by atoms with E-state index in [-0.39, 0.29) is 6.61 Å². The molecule has 102 valence electrons. The summed E-state index contributed by atoms with van der Waals surface area (Å²) in [6.07, 6.45) is 3.05. The smallest absolute Gasteiger partial charge is 0.161 e. The first-order valence-electron chi connectivity index (χ1n) is 6.46. The van der Waals surface area contributed by atoms with Crippen molar-refractivity contribution in [2.75, 3.05) is 33.4 Å². The summed E-state index contributed by atoms with van der Waals surface area (Å²) in [5.41, 5.74) is 0. The minimum Gasteiger partial charge on any atom is -0.493 e. The van der Waals surface area contributed by atoms with Crippen LogP contribution in [0.15, 0.2) is 24.3 Å². The molecule has 1 aromatic carbocycles. The SMILES string of the molecule is COc1ccccc1OCCNCCCCCO. The van der Waals surface area contributed by atoms with Crippen molar-refractivity contribution in [1.82, 2.24) is 5.32 Å². The molecule has 0 fully saturated rings. The Kier molecular flexibility index (Phi) is 8.01. The first kappa shape index (κ1) is 14.8. The molecule has 18 heavy (non-hydrogen) atoms. The summed E-state index contributed by atoms with van der Waals surface area (Å²) >= 11 is 0. The molecule has 0 radical (unpaired) electrons. The molecule has 0 amide bonds. The number of benzene rings is 1. The summed E-state index contributed by atoms with van der Waals surface area (Å²) in [4.78, 5) is 0. The lowest BCUT2D eigenvalue weighted by atomic mass is 10.2. The van der Waals surface area contributed by atoms with Crippen LogP contribution in [0.3, 0.4) is 0 Å². The molecular formula is C14H23NO3. The molecule has 0 aromatic heterocycles. The minimum absolute atomic E-state index is 0.289. The average Bonchev–Trinajstić information content (AvgIpc) is 2.42. The largest absolute Gasteiger partial charge is 0.493 e. The summed E-state index contributed by atoms with van der Waals surface area (Å²) in [6.45, 7) is 2.70. The van der Waals surface area contributed by atoms with Crippen LogP contribution >= 0.6 is 0 Å². The van der Waals surface area contributed by atoms with Crippen LogP contribution in [0.1, 0.15) is 19.3 Å². The highest BCUT2D eigenvalue weighted by Gasteiger charge is 2.01. The van der Waals surface area contributed by atoms with Crippen molar-refractivity contribution >= 4 is 0 Å². The van der Waals surface area contributed by atoms with E-state index >= 15 is 0 Å². The number of unbranched alkanes of at least 4 members (excludes halogenated alkanes) is 2. The first-order valence-corrected chi connectivity index (χ1v) is 6.46. The van der Waals surface area contributed by atoms with Crippen LogP contribution < -0.4 is 14.8 Å². The van der Waals surface area contributed by atoms with Crippen molar-refractivity contribution in [2.24, 2.45) is 0 Å². The van der Waals surface area contributed by atoms with E-state index < -0.39 is 0 Å². The number of aliphatic hydroxyl groups excluding tert-OH is 1. The van der Waals surface area contributed by atoms with Gasteiger partial charge in [-0.3, -0.25) is 0 Å². The van der Waals surface area contributed by atoms with Gasteiger partial charge in [-0.15, -0.1) is 0 Å². The van der Waals surface area contributed by atoms with Gasteiger partial charge in [-0.05, 0) is 37.9 Å². The predicted octanol–water partition coefficient (Wildman–Crippen LogP) is 1.83. The lowest BCUT2D eigenvalue weighted by Crippen LogP contribution is -2.22. The van der Waals surface area contributed by atoms with Crippen LogP contribution in [-0.2, 0) is 0 Å². The number of aliphatic hydroxyl groups is 1. The van der Waals surface area contributed by atoms with Gasteiger partial charge in [0.25, 0.3) is 0 Å². The highest BCUT2D eigenvalue weighted by molar-refractivity contribution is 5.39. The fourth-order valence-electron chi connectivity index (χ4n) is 1.63. The van der Waals surface area contributed by atoms with E-state index in [1.807, 2.05) is 24.3 Å². The molecule has 2 N–H and O–H groups in total. The van der Waals surface area contributed by atoms with E-state index in [0.717, 1.165) is 43.9 Å². The van der Waals surface area contributed by atoms with Crippen LogP contribution in [0.2, 0.25) is 0 Å². The molecule has 0 spiro atoms. The number of ether oxygens (including phenoxy) is 2. The number of hydrogen-bond donors (Lipinski definition) is 2. The molecule has 1 rings (SSSR count). The molecule has 4 nitrogen and oxygen atoms in total. The van der Waals surface area contributed by atoms with E-state index in [9.17, 15) is 0 Å². The van der Waals surface area contributed by atoms with Crippen LogP contribution in [0, 0.1) is 0 Å². The molecule has 0 saturated carbocycles. The van der Waals surface area contributed by atoms with E-state index in [2.05, 4.69) is 5.32 Å². The van der Waals surface area contributed by atoms with Gasteiger partial charge in [-0.25, -0.2) is 0 Å². The van der Waals surface area contributed by atoms with Gasteiger partial charge in [0.2, 0.25) is 0 Å². The molecule has 0 saturated heterocycles. The Morgan fingerprint density at radius 2 is 1.83 bits per heavy atom. The average molecular weight is 253 g/mol. The van der Waals surface area contributed by atoms with Gasteiger partial charge >= 0.3 is 0 Å². The van der Waals surface area contributed by atoms with E-state index in [1.54, 1.807) is 7.11 Å². The van der Waals surface area contributed by atoms with E-state index in [0.29, 0.717) is 6.61 Å². The Morgan fingerprint density at radius 1 is 1.06 bits per heavy atom. The van der Waals surface area contributed by atoms with Gasteiger partial charge in [-0.2, -0.15) is 0 Å². The third-order valence-electron chi connectivity index (χ3n) is 2.62. The minimum atomic E-state index is 0.289. The Bertz CT molecular complexity index is 318. The maximum Gasteiger partial charge on any atom is 0.161 e. The second-order valence-electron chi connectivity index (χ2n) is 4.03. The maximum absolute atomic E-state index is 8.63. The molecule has 0 bridgehead atoms. The third kappa shape index (κ3) is 5.89. The van der Waals surface area contributed by atoms with Crippen LogP contribution in [0.4, 0.5) is 0 Å². The number of nitrogens with one attached hydrogen (secondary N) is 1. The Morgan fingerprint density at radius 3 is 2.56 bits per heavy atom. The second-order valence-corrected chi connectivity index (χ2v) is 4.03. The third-order valence-corrected chi connectivity index (χ3v) is 2.62. The van der Waals surface area contributed by atoms with Gasteiger partial charge in [0, 0.05) is 13.2 Å². The lowest BCUT2D eigenvalue weighted by molar-refractivity contribution is 0.280. The van der Waals surface area contributed by atoms with Crippen molar-refractivity contribution in [2.45, 2.75) is 19.3 Å². The van der Waals surface area contributed by atoms with Crippen LogP contribution in [0.25, 0.3) is 0 Å². The summed E-state index contributed by atoms with van der Waals surface area (Å²) in [7, 11) is 1.64. The molecule has 4 heteroatoms. The molecule has 0 unspecified atom stereocenters. The molecule has 0 aliphatic carbocycles. The summed E-state index contributed by atoms with van der Waals surface area (Å²) in [6, 6.07) is 7.64. The van der Waals surface area contributed by atoms with Gasteiger partial charge in [0.05, 0.1) is 7.11 Å². The first-order chi connectivity index (χ1) is 8.88. The van der Waals surface area contributed by atoms with Crippen molar-refractivity contribution in [3.05, 3.63) is 24.3 Å². The standard InChI is InChI=1S/C14H23NO3/c1-17-13-7-3-4-8-14(13)18-12-10-15-9-5-2-6-11-16/h3-4,7-8,15-16H,2,5-6,9-12H2,1H3. The van der Waals surface area contributed by atoms with Gasteiger partial charge in [-0.1, -0.05) is 12.1 Å². The van der Waals surface area contributed by atoms with Gasteiger partial charge in [0.15, 0.2) is 11.5 Å². The highest BCUT2D eigenvalue weighted by Crippen LogP contribution is 2.25. The number of hydrogen-bond acceptors (Lipinski definition) is 4. The molecular weight excluding hydrogens is 230 g/mol. The Hall–Kier alpha value is -1.26. The fraction of sp³-hybridized carbons (Fsp3) is 0.571. The molecule has 0 aliphatic heterocycles. The number of rotatable bonds is 10. The predicted molar refractivity (Wildman–Crippen MR) is 72.3 cm³/mol. The zero-order valence-electron chi connectivity index (χ0n) is 11.0. The van der Waals surface area contributed by atoms with Gasteiger partial charge < -0.3 is 19.9 Å². The monoisotopic (exact) mass is 253 g/mol. The fourth-order valence-corrected chi connectivity index (χ4v) is 1.63. The van der Waals surface area contributed by atoms with E-state index in [4.69, 9.17) is 14.6 Å². The zero-order chi connectivity index (χ0) is 13.1. The maximum atomic E-state index is 8.63. The van der Waals surface area contributed by atoms with Crippen LogP contribution in [0.5, 0.6) is 11.5 Å². The highest BCUT2D eigenvalue weighted by atomic mass is 16.5. The molecule has 0 aliphatic rings. The van der Waals surface area contributed by atoms with Crippen molar-refractivity contribution in [3.63, 3.8) is 0 Å². The zero-order valence-corrected chi connectivity index (χ0v) is 11.0.